The molecule has 1 aromatic rings. The molecule has 0 saturated carbocycles. The van der Waals surface area contributed by atoms with Gasteiger partial charge in [0, 0.05) is 19.0 Å². The summed E-state index contributed by atoms with van der Waals surface area (Å²) in [5, 5.41) is 0. The number of amides is 1. The molecule has 0 radical (unpaired) electrons. The number of carbonyl (C=O) groups is 1. The number of fused-ring (bicyclic) bond motifs is 1. The molecule has 0 bridgehead atoms. The lowest BCUT2D eigenvalue weighted by Crippen LogP contribution is -2.35. The minimum atomic E-state index is -0.218. The second-order valence-electron chi connectivity index (χ2n) is 4.75. The molecule has 4 nitrogen and oxygen atoms in total. The number of hydrogen-bond donors (Lipinski definition) is 1. The Bertz CT molecular complexity index is 447. The summed E-state index contributed by atoms with van der Waals surface area (Å²) in [6, 6.07) is 8.40. The summed E-state index contributed by atoms with van der Waals surface area (Å²) in [5.41, 5.74) is 8.28. The molecule has 1 aliphatic carbocycles. The van der Waals surface area contributed by atoms with Crippen molar-refractivity contribution in [3.05, 3.63) is 35.4 Å². The zero-order valence-electron chi connectivity index (χ0n) is 9.63. The summed E-state index contributed by atoms with van der Waals surface area (Å²) in [6.45, 7) is 1.80. The van der Waals surface area contributed by atoms with Crippen LogP contribution < -0.4 is 5.73 Å². The van der Waals surface area contributed by atoms with Crippen LogP contribution in [0.2, 0.25) is 0 Å². The van der Waals surface area contributed by atoms with Gasteiger partial charge in [0.15, 0.2) is 0 Å². The molecule has 17 heavy (non-hydrogen) atoms. The summed E-state index contributed by atoms with van der Waals surface area (Å²) in [6.07, 6.45) is 0.718. The lowest BCUT2D eigenvalue weighted by Gasteiger charge is -2.32. The zero-order valence-corrected chi connectivity index (χ0v) is 9.63. The van der Waals surface area contributed by atoms with Gasteiger partial charge in [0.05, 0.1) is 6.54 Å². The smallest absolute Gasteiger partial charge is 0.410 e. The maximum absolute atomic E-state index is 11.6. The van der Waals surface area contributed by atoms with Crippen LogP contribution in [0, 0.1) is 0 Å². The van der Waals surface area contributed by atoms with Crippen molar-refractivity contribution in [1.29, 1.82) is 0 Å². The van der Waals surface area contributed by atoms with Crippen molar-refractivity contribution in [1.82, 2.24) is 4.90 Å². The summed E-state index contributed by atoms with van der Waals surface area (Å²) in [7, 11) is 0. The van der Waals surface area contributed by atoms with Gasteiger partial charge in [-0.15, -0.1) is 0 Å². The molecule has 90 valence electrons. The van der Waals surface area contributed by atoms with Gasteiger partial charge in [-0.1, -0.05) is 24.3 Å². The number of nitrogens with two attached hydrogens (primary N) is 1. The van der Waals surface area contributed by atoms with Crippen molar-refractivity contribution in [2.75, 3.05) is 19.6 Å². The summed E-state index contributed by atoms with van der Waals surface area (Å²) in [5.74, 6) is 0.468. The normalized spacial score (nSPS) is 26.4. The largest absolute Gasteiger partial charge is 0.443 e. The molecule has 1 fully saturated rings. The van der Waals surface area contributed by atoms with Crippen LogP contribution >= 0.6 is 0 Å². The van der Waals surface area contributed by atoms with Gasteiger partial charge >= 0.3 is 6.09 Å². The molecule has 1 amide bonds. The van der Waals surface area contributed by atoms with Gasteiger partial charge in [-0.25, -0.2) is 4.79 Å². The van der Waals surface area contributed by atoms with Crippen molar-refractivity contribution < 1.29 is 9.53 Å². The molecule has 3 rings (SSSR count). The van der Waals surface area contributed by atoms with Gasteiger partial charge < -0.3 is 15.4 Å². The molecule has 1 aromatic carbocycles. The van der Waals surface area contributed by atoms with E-state index in [2.05, 4.69) is 24.3 Å². The molecule has 2 N–H and O–H groups in total. The Balaban J connectivity index is 1.65. The van der Waals surface area contributed by atoms with Crippen LogP contribution in [-0.2, 0) is 11.2 Å². The average Bonchev–Trinajstić information content (AvgIpc) is 2.67. The Morgan fingerprint density at radius 2 is 2.24 bits per heavy atom. The summed E-state index contributed by atoms with van der Waals surface area (Å²) >= 11 is 0. The number of cyclic esters (lactones) is 1. The molecule has 2 aliphatic rings. The number of nitrogens with zero attached hydrogens (tertiary/aromatic N) is 1. The maximum atomic E-state index is 11.6. The van der Waals surface area contributed by atoms with Crippen LogP contribution in [0.5, 0.6) is 0 Å². The highest BCUT2D eigenvalue weighted by atomic mass is 16.6. The maximum Gasteiger partial charge on any atom is 0.410 e. The molecule has 2 atom stereocenters. The van der Waals surface area contributed by atoms with E-state index in [4.69, 9.17) is 10.5 Å². The predicted molar refractivity (Wildman–Crippen MR) is 63.8 cm³/mol. The Hall–Kier alpha value is -1.55. The topological polar surface area (TPSA) is 55.6 Å². The van der Waals surface area contributed by atoms with Crippen molar-refractivity contribution in [3.8, 4) is 0 Å². The fourth-order valence-electron chi connectivity index (χ4n) is 2.64. The Kier molecular flexibility index (Phi) is 2.52. The van der Waals surface area contributed by atoms with Crippen LogP contribution in [0.1, 0.15) is 17.0 Å². The van der Waals surface area contributed by atoms with E-state index in [1.54, 1.807) is 4.90 Å². The first-order valence-corrected chi connectivity index (χ1v) is 6.01. The van der Waals surface area contributed by atoms with E-state index in [1.807, 2.05) is 0 Å². The van der Waals surface area contributed by atoms with E-state index in [9.17, 15) is 4.79 Å². The fraction of sp³-hybridized carbons (Fsp3) is 0.462. The quantitative estimate of drug-likeness (QED) is 0.849. The van der Waals surface area contributed by atoms with Crippen molar-refractivity contribution in [3.63, 3.8) is 0 Å². The van der Waals surface area contributed by atoms with Crippen molar-refractivity contribution in [2.24, 2.45) is 5.73 Å². The number of ether oxygens (including phenoxy) is 1. The second-order valence-corrected chi connectivity index (χ2v) is 4.75. The van der Waals surface area contributed by atoms with E-state index in [1.165, 1.54) is 11.1 Å². The van der Waals surface area contributed by atoms with Crippen LogP contribution in [0.25, 0.3) is 0 Å². The monoisotopic (exact) mass is 232 g/mol. The third-order valence-corrected chi connectivity index (χ3v) is 3.61. The second kappa shape index (κ2) is 4.04. The molecular weight excluding hydrogens is 216 g/mol. The minimum absolute atomic E-state index is 0.127. The SMILES string of the molecule is NCC1CN(CC2Cc3ccccc32)C(=O)O1. The third kappa shape index (κ3) is 1.78. The van der Waals surface area contributed by atoms with Crippen LogP contribution in [0.4, 0.5) is 4.79 Å². The molecule has 4 heteroatoms. The highest BCUT2D eigenvalue weighted by molar-refractivity contribution is 5.70. The van der Waals surface area contributed by atoms with Crippen molar-refractivity contribution in [2.45, 2.75) is 18.4 Å². The van der Waals surface area contributed by atoms with Gasteiger partial charge in [0.25, 0.3) is 0 Å². The summed E-state index contributed by atoms with van der Waals surface area (Å²) < 4.78 is 5.14. The van der Waals surface area contributed by atoms with E-state index < -0.39 is 0 Å². The van der Waals surface area contributed by atoms with E-state index in [-0.39, 0.29) is 12.2 Å². The molecule has 2 unspecified atom stereocenters. The van der Waals surface area contributed by atoms with Crippen LogP contribution in [0.3, 0.4) is 0 Å². The average molecular weight is 232 g/mol. The first-order valence-electron chi connectivity index (χ1n) is 6.01. The lowest BCUT2D eigenvalue weighted by molar-refractivity contribution is 0.134. The highest BCUT2D eigenvalue weighted by Gasteiger charge is 2.35. The van der Waals surface area contributed by atoms with Crippen molar-refractivity contribution >= 4 is 6.09 Å². The van der Waals surface area contributed by atoms with Gasteiger partial charge in [-0.05, 0) is 17.5 Å². The van der Waals surface area contributed by atoms with Crippen LogP contribution in [-0.4, -0.2) is 36.7 Å². The number of rotatable bonds is 3. The fourth-order valence-corrected chi connectivity index (χ4v) is 2.64. The van der Waals surface area contributed by atoms with Crippen LogP contribution in [0.15, 0.2) is 24.3 Å². The first-order chi connectivity index (χ1) is 8.28. The third-order valence-electron chi connectivity index (χ3n) is 3.61. The number of benzene rings is 1. The van der Waals surface area contributed by atoms with Gasteiger partial charge in [-0.2, -0.15) is 0 Å². The zero-order chi connectivity index (χ0) is 11.8. The van der Waals surface area contributed by atoms with E-state index in [0.717, 1.165) is 13.0 Å². The minimum Gasteiger partial charge on any atom is -0.443 e. The molecule has 0 spiro atoms. The first kappa shape index (κ1) is 10.6. The Labute approximate surface area is 100 Å². The highest BCUT2D eigenvalue weighted by Crippen LogP contribution is 2.35. The van der Waals surface area contributed by atoms with Gasteiger partial charge in [0.1, 0.15) is 6.10 Å². The molecule has 1 aliphatic heterocycles. The van der Waals surface area contributed by atoms with Gasteiger partial charge in [0.2, 0.25) is 0 Å². The molecular formula is C13H16N2O2. The molecule has 1 saturated heterocycles. The molecule has 1 heterocycles. The standard InChI is InChI=1S/C13H16N2O2/c14-6-11-8-15(13(16)17-11)7-10-5-9-3-1-2-4-12(9)10/h1-4,10-11H,5-8,14H2. The van der Waals surface area contributed by atoms with E-state index in [0.29, 0.717) is 19.0 Å². The Morgan fingerprint density at radius 3 is 2.94 bits per heavy atom. The number of hydrogen-bond acceptors (Lipinski definition) is 3. The lowest BCUT2D eigenvalue weighted by atomic mass is 9.77. The predicted octanol–water partition coefficient (Wildman–Crippen LogP) is 1.11. The summed E-state index contributed by atoms with van der Waals surface area (Å²) in [4.78, 5) is 13.4. The molecule has 0 aromatic heterocycles. The van der Waals surface area contributed by atoms with Gasteiger partial charge in [-0.3, -0.25) is 0 Å². The van der Waals surface area contributed by atoms with E-state index >= 15 is 0 Å². The Morgan fingerprint density at radius 1 is 1.41 bits per heavy atom. The number of carbonyl (C=O) groups excluding carboxylic acids is 1.